The zero-order valence-electron chi connectivity index (χ0n) is 14.9. The molecule has 0 atom stereocenters. The van der Waals surface area contributed by atoms with Gasteiger partial charge in [-0.05, 0) is 31.5 Å². The van der Waals surface area contributed by atoms with Gasteiger partial charge in [0.2, 0.25) is 5.88 Å². The van der Waals surface area contributed by atoms with E-state index in [1.165, 1.54) is 18.5 Å². The Balaban J connectivity index is 1.95. The number of hydrogen-bond acceptors (Lipinski definition) is 4. The molecule has 0 saturated heterocycles. The van der Waals surface area contributed by atoms with Gasteiger partial charge < -0.3 is 9.72 Å². The number of nitrogens with zero attached hydrogens (tertiary/aromatic N) is 3. The van der Waals surface area contributed by atoms with Gasteiger partial charge in [-0.1, -0.05) is 6.07 Å². The normalized spacial score (nSPS) is 10.4. The molecule has 3 rings (SSSR count). The molecule has 7 heteroatoms. The molecule has 138 valence electrons. The fourth-order valence-electron chi connectivity index (χ4n) is 2.56. The minimum Gasteiger partial charge on any atom is -0.471 e. The van der Waals surface area contributed by atoms with E-state index in [0.29, 0.717) is 28.5 Å². The van der Waals surface area contributed by atoms with Crippen LogP contribution in [0.4, 0.5) is 8.78 Å². The summed E-state index contributed by atoms with van der Waals surface area (Å²) in [7, 11) is 0. The molecular weight excluding hydrogens is 350 g/mol. The predicted molar refractivity (Wildman–Crippen MR) is 97.4 cm³/mol. The fourth-order valence-corrected chi connectivity index (χ4v) is 2.56. The third-order valence-corrected chi connectivity index (χ3v) is 3.74. The molecule has 0 aliphatic heterocycles. The van der Waals surface area contributed by atoms with Gasteiger partial charge >= 0.3 is 0 Å². The monoisotopic (exact) mass is 368 g/mol. The number of rotatable bonds is 4. The van der Waals surface area contributed by atoms with E-state index in [2.05, 4.69) is 19.9 Å². The van der Waals surface area contributed by atoms with E-state index in [1.54, 1.807) is 38.4 Å². The summed E-state index contributed by atoms with van der Waals surface area (Å²) >= 11 is 0. The summed E-state index contributed by atoms with van der Waals surface area (Å²) in [6.07, 6.45) is 6.18. The number of aryl methyl sites for hydroxylation is 2. The standard InChI is InChI=1S/C20H18F2N4O/c1-13-7-16(21)8-18(22)20(13)15-9-23-11-17(26-14(2)25-10-15)12-27-19-5-3-4-6-24-19/h3-11H,12H2,1-2H3,(H,25,26). The van der Waals surface area contributed by atoms with E-state index in [0.717, 1.165) is 6.07 Å². The summed E-state index contributed by atoms with van der Waals surface area (Å²) in [4.78, 5) is 15.7. The van der Waals surface area contributed by atoms with Gasteiger partial charge in [-0.2, -0.15) is 0 Å². The van der Waals surface area contributed by atoms with E-state index in [9.17, 15) is 8.78 Å². The lowest BCUT2D eigenvalue weighted by Crippen LogP contribution is -1.99. The Hall–Kier alpha value is -3.35. The minimum atomic E-state index is -0.659. The number of aromatic amines is 1. The Kier molecular flexibility index (Phi) is 5.71. The molecular formula is C20H18F2N4O. The van der Waals surface area contributed by atoms with Gasteiger partial charge in [0, 0.05) is 48.0 Å². The molecule has 3 aromatic rings. The van der Waals surface area contributed by atoms with E-state index in [1.807, 2.05) is 6.07 Å². The highest BCUT2D eigenvalue weighted by Gasteiger charge is 2.10. The molecule has 0 radical (unpaired) electrons. The number of hydrogen-bond donors (Lipinski definition) is 1. The molecule has 0 aliphatic rings. The number of H-pyrrole nitrogens is 1. The first-order chi connectivity index (χ1) is 13.0. The lowest BCUT2D eigenvalue weighted by molar-refractivity contribution is 0.288. The Morgan fingerprint density at radius 2 is 1.89 bits per heavy atom. The van der Waals surface area contributed by atoms with Crippen molar-refractivity contribution in [2.24, 2.45) is 0 Å². The number of halogens is 2. The number of nitrogens with one attached hydrogen (secondary N) is 1. The Labute approximate surface area is 155 Å². The molecule has 0 spiro atoms. The molecule has 2 aromatic heterocycles. The van der Waals surface area contributed by atoms with Gasteiger partial charge in [0.15, 0.2) is 0 Å². The first-order valence-electron chi connectivity index (χ1n) is 8.26. The zero-order valence-corrected chi connectivity index (χ0v) is 14.9. The highest BCUT2D eigenvalue weighted by molar-refractivity contribution is 5.66. The molecule has 1 aromatic carbocycles. The first kappa shape index (κ1) is 18.4. The van der Waals surface area contributed by atoms with Crippen LogP contribution in [0.25, 0.3) is 11.1 Å². The number of aromatic nitrogens is 4. The van der Waals surface area contributed by atoms with Crippen molar-refractivity contribution in [3.63, 3.8) is 0 Å². The van der Waals surface area contributed by atoms with Crippen LogP contribution in [0.3, 0.4) is 0 Å². The summed E-state index contributed by atoms with van der Waals surface area (Å²) in [5, 5.41) is 0. The zero-order chi connectivity index (χ0) is 19.2. The molecule has 2 heterocycles. The van der Waals surface area contributed by atoms with Gasteiger partial charge in [0.1, 0.15) is 24.1 Å². The molecule has 0 aliphatic carbocycles. The summed E-state index contributed by atoms with van der Waals surface area (Å²) in [6, 6.07) is 7.50. The molecule has 0 amide bonds. The second kappa shape index (κ2) is 8.35. The SMILES string of the molecule is Cc1ncc(-c2c(C)cc(F)cc2F)cncc(COc2ccccn2)[nH]1. The average Bonchev–Trinajstić information content (AvgIpc) is 2.71. The average molecular weight is 368 g/mol. The van der Waals surface area contributed by atoms with Gasteiger partial charge in [0.25, 0.3) is 0 Å². The van der Waals surface area contributed by atoms with Crippen LogP contribution in [-0.4, -0.2) is 19.9 Å². The van der Waals surface area contributed by atoms with Crippen LogP contribution in [0.5, 0.6) is 5.88 Å². The lowest BCUT2D eigenvalue weighted by Gasteiger charge is -2.05. The van der Waals surface area contributed by atoms with Crippen molar-refractivity contribution >= 4 is 0 Å². The minimum absolute atomic E-state index is 0.209. The summed E-state index contributed by atoms with van der Waals surface area (Å²) in [6.45, 7) is 3.61. The number of benzene rings is 1. The maximum atomic E-state index is 14.3. The van der Waals surface area contributed by atoms with Crippen LogP contribution in [-0.2, 0) is 6.61 Å². The third kappa shape index (κ3) is 4.84. The van der Waals surface area contributed by atoms with E-state index >= 15 is 0 Å². The maximum absolute atomic E-state index is 14.3. The molecule has 0 bridgehead atoms. The van der Waals surface area contributed by atoms with Crippen molar-refractivity contribution < 1.29 is 13.5 Å². The second-order valence-corrected chi connectivity index (χ2v) is 5.89. The molecule has 0 saturated carbocycles. The van der Waals surface area contributed by atoms with Crippen LogP contribution >= 0.6 is 0 Å². The predicted octanol–water partition coefficient (Wildman–Crippen LogP) is 4.47. The van der Waals surface area contributed by atoms with Crippen molar-refractivity contribution in [1.82, 2.24) is 19.9 Å². The Bertz CT molecular complexity index is 965. The summed E-state index contributed by atoms with van der Waals surface area (Å²) in [5.74, 6) is -0.215. The maximum Gasteiger partial charge on any atom is 0.213 e. The Morgan fingerprint density at radius 1 is 1.04 bits per heavy atom. The van der Waals surface area contributed by atoms with Crippen LogP contribution in [0.2, 0.25) is 0 Å². The third-order valence-electron chi connectivity index (χ3n) is 3.74. The van der Waals surface area contributed by atoms with E-state index < -0.39 is 11.6 Å². The molecule has 5 nitrogen and oxygen atoms in total. The van der Waals surface area contributed by atoms with Crippen molar-refractivity contribution in [3.8, 4) is 17.0 Å². The quantitative estimate of drug-likeness (QED) is 0.738. The lowest BCUT2D eigenvalue weighted by atomic mass is 10.0. The van der Waals surface area contributed by atoms with E-state index in [4.69, 9.17) is 4.74 Å². The van der Waals surface area contributed by atoms with Crippen molar-refractivity contribution in [2.75, 3.05) is 0 Å². The molecule has 0 unspecified atom stereocenters. The van der Waals surface area contributed by atoms with Gasteiger partial charge in [-0.3, -0.25) is 4.98 Å². The van der Waals surface area contributed by atoms with Crippen LogP contribution < -0.4 is 4.74 Å². The van der Waals surface area contributed by atoms with Crippen LogP contribution in [0, 0.1) is 25.5 Å². The first-order valence-corrected chi connectivity index (χ1v) is 8.26. The summed E-state index contributed by atoms with van der Waals surface area (Å²) < 4.78 is 33.2. The highest BCUT2D eigenvalue weighted by atomic mass is 19.1. The van der Waals surface area contributed by atoms with Crippen molar-refractivity contribution in [2.45, 2.75) is 20.5 Å². The van der Waals surface area contributed by atoms with Crippen molar-refractivity contribution in [1.29, 1.82) is 0 Å². The van der Waals surface area contributed by atoms with Gasteiger partial charge in [0.05, 0.1) is 5.69 Å². The number of ether oxygens (including phenoxy) is 1. The highest BCUT2D eigenvalue weighted by Crippen LogP contribution is 2.25. The second-order valence-electron chi connectivity index (χ2n) is 5.89. The fraction of sp³-hybridized carbons (Fsp3) is 0.150. The molecule has 0 fully saturated rings. The van der Waals surface area contributed by atoms with Crippen LogP contribution in [0.1, 0.15) is 17.1 Å². The topological polar surface area (TPSA) is 63.7 Å². The smallest absolute Gasteiger partial charge is 0.213 e. The molecule has 1 N–H and O–H groups in total. The summed E-state index contributed by atoms with van der Waals surface area (Å²) in [5.41, 5.74) is 1.82. The number of pyridine rings is 1. The van der Waals surface area contributed by atoms with Crippen LogP contribution in [0.15, 0.2) is 55.1 Å². The van der Waals surface area contributed by atoms with Gasteiger partial charge in [-0.25, -0.2) is 18.7 Å². The van der Waals surface area contributed by atoms with E-state index in [-0.39, 0.29) is 12.2 Å². The Morgan fingerprint density at radius 3 is 2.63 bits per heavy atom. The van der Waals surface area contributed by atoms with Crippen molar-refractivity contribution in [3.05, 3.63) is 83.8 Å². The largest absolute Gasteiger partial charge is 0.471 e. The molecule has 27 heavy (non-hydrogen) atoms. The van der Waals surface area contributed by atoms with Gasteiger partial charge in [-0.15, -0.1) is 0 Å².